The Balaban J connectivity index is 0.000000948. The van der Waals surface area contributed by atoms with E-state index in [2.05, 4.69) is 20.8 Å². The van der Waals surface area contributed by atoms with Crippen LogP contribution in [0.25, 0.3) is 21.6 Å². The highest BCUT2D eigenvalue weighted by Gasteiger charge is 2.07. The molecule has 140 valence electrons. The summed E-state index contributed by atoms with van der Waals surface area (Å²) in [7, 11) is 0. The second-order valence-corrected chi connectivity index (χ2v) is 4.97. The van der Waals surface area contributed by atoms with Gasteiger partial charge in [-0.2, -0.15) is 0 Å². The molecule has 0 atom stereocenters. The van der Waals surface area contributed by atoms with Crippen LogP contribution in [0.2, 0.25) is 0 Å². The van der Waals surface area contributed by atoms with E-state index in [0.29, 0.717) is 17.2 Å². The van der Waals surface area contributed by atoms with Gasteiger partial charge in [0.25, 0.3) is 0 Å². The van der Waals surface area contributed by atoms with Crippen molar-refractivity contribution in [1.82, 2.24) is 9.97 Å². The van der Waals surface area contributed by atoms with Gasteiger partial charge in [0.1, 0.15) is 17.1 Å². The van der Waals surface area contributed by atoms with Crippen LogP contribution >= 0.6 is 11.3 Å². The maximum absolute atomic E-state index is 10.4. The number of amides is 1. The maximum atomic E-state index is 10.4. The van der Waals surface area contributed by atoms with Crippen LogP contribution in [0.3, 0.4) is 0 Å². The largest absolute Gasteiger partial charge is 0.307 e. The molecular formula is C18H24N4O3S. The predicted molar refractivity (Wildman–Crippen MR) is 108 cm³/mol. The van der Waals surface area contributed by atoms with E-state index in [0.717, 1.165) is 21.6 Å². The lowest BCUT2D eigenvalue weighted by molar-refractivity contribution is -0.105. The maximum Gasteiger partial charge on any atom is 0.213 e. The van der Waals surface area contributed by atoms with Gasteiger partial charge in [-0.05, 0) is 24.3 Å². The Morgan fingerprint density at radius 2 is 1.62 bits per heavy atom. The molecule has 0 radical (unpaired) electrons. The number of fused-ring (bicyclic) bond motifs is 1. The fraction of sp³-hybridized carbons (Fsp3) is 0.222. The summed E-state index contributed by atoms with van der Waals surface area (Å²) in [5.41, 5.74) is 5.19. The van der Waals surface area contributed by atoms with Crippen molar-refractivity contribution in [3.8, 4) is 11.3 Å². The van der Waals surface area contributed by atoms with Crippen molar-refractivity contribution in [2.24, 2.45) is 0 Å². The molecule has 1 aromatic carbocycles. The molecule has 0 aliphatic heterocycles. The monoisotopic (exact) mass is 376 g/mol. The number of carbonyl (C=O) groups is 2. The highest BCUT2D eigenvalue weighted by molar-refractivity contribution is 7.21. The second kappa shape index (κ2) is 13.5. The van der Waals surface area contributed by atoms with E-state index in [1.807, 2.05) is 58.7 Å². The first-order valence-electron chi connectivity index (χ1n) is 8.07. The third-order valence-electron chi connectivity index (χ3n) is 2.75. The summed E-state index contributed by atoms with van der Waals surface area (Å²) in [5.74, 6) is 0. The third-order valence-corrected chi connectivity index (χ3v) is 3.64. The summed E-state index contributed by atoms with van der Waals surface area (Å²) in [6.45, 7) is 10.0. The normalized spacial score (nSPS) is 8.65. The van der Waals surface area contributed by atoms with Crippen molar-refractivity contribution < 1.29 is 14.8 Å². The number of hydrogen-bond donors (Lipinski definition) is 3. The first-order valence-corrected chi connectivity index (χ1v) is 8.89. The van der Waals surface area contributed by atoms with Gasteiger partial charge in [0, 0.05) is 5.56 Å². The van der Waals surface area contributed by atoms with E-state index >= 15 is 0 Å². The number of pyridine rings is 1. The number of anilines is 2. The Hall–Kier alpha value is -2.84. The van der Waals surface area contributed by atoms with Crippen molar-refractivity contribution in [3.05, 3.63) is 36.4 Å². The summed E-state index contributed by atoms with van der Waals surface area (Å²) in [4.78, 5) is 27.9. The van der Waals surface area contributed by atoms with Gasteiger partial charge in [-0.1, -0.05) is 51.2 Å². The SMILES string of the molecule is C=O.CC.CC.O=CNc1nc2ccc(-c3ccc(NO)cc3)nc2s1. The fourth-order valence-corrected chi connectivity index (χ4v) is 2.60. The van der Waals surface area contributed by atoms with Crippen LogP contribution in [0, 0.1) is 0 Å². The zero-order chi connectivity index (χ0) is 19.9. The number of aromatic nitrogens is 2. The molecule has 8 heteroatoms. The first kappa shape index (κ1) is 23.2. The van der Waals surface area contributed by atoms with E-state index in [1.54, 1.807) is 12.1 Å². The molecule has 0 aliphatic carbocycles. The number of benzene rings is 1. The van der Waals surface area contributed by atoms with Gasteiger partial charge in [0.15, 0.2) is 5.13 Å². The summed E-state index contributed by atoms with van der Waals surface area (Å²) in [6.07, 6.45) is 0.596. The van der Waals surface area contributed by atoms with Crippen LogP contribution in [0.5, 0.6) is 0 Å². The van der Waals surface area contributed by atoms with E-state index in [9.17, 15) is 4.79 Å². The first-order chi connectivity index (χ1) is 12.8. The van der Waals surface area contributed by atoms with Crippen LogP contribution in [0.1, 0.15) is 27.7 Å². The van der Waals surface area contributed by atoms with Gasteiger partial charge >= 0.3 is 0 Å². The molecule has 0 spiro atoms. The Morgan fingerprint density at radius 1 is 1.00 bits per heavy atom. The molecule has 3 aromatic rings. The molecule has 2 heterocycles. The Bertz CT molecular complexity index is 776. The van der Waals surface area contributed by atoms with Crippen LogP contribution in [0.15, 0.2) is 36.4 Å². The zero-order valence-corrected chi connectivity index (χ0v) is 16.1. The smallest absolute Gasteiger partial charge is 0.213 e. The minimum absolute atomic E-state index is 0.527. The lowest BCUT2D eigenvalue weighted by Crippen LogP contribution is -1.91. The van der Waals surface area contributed by atoms with Crippen LogP contribution in [-0.4, -0.2) is 28.4 Å². The molecule has 0 aliphatic rings. The average Bonchev–Trinajstić information content (AvgIpc) is 3.14. The lowest BCUT2D eigenvalue weighted by Gasteiger charge is -2.02. The molecular weight excluding hydrogens is 352 g/mol. The molecule has 0 saturated heterocycles. The summed E-state index contributed by atoms with van der Waals surface area (Å²) in [5, 5.41) is 11.8. The average molecular weight is 376 g/mol. The van der Waals surface area contributed by atoms with Crippen LogP contribution < -0.4 is 10.8 Å². The van der Waals surface area contributed by atoms with E-state index in [1.165, 1.54) is 11.3 Å². The molecule has 26 heavy (non-hydrogen) atoms. The number of nitrogens with one attached hydrogen (secondary N) is 2. The minimum Gasteiger partial charge on any atom is -0.307 e. The fourth-order valence-electron chi connectivity index (χ4n) is 1.81. The van der Waals surface area contributed by atoms with Crippen molar-refractivity contribution in [2.45, 2.75) is 27.7 Å². The highest BCUT2D eigenvalue weighted by Crippen LogP contribution is 2.27. The number of nitrogens with zero attached hydrogens (tertiary/aromatic N) is 2. The summed E-state index contributed by atoms with van der Waals surface area (Å²) < 4.78 is 0. The van der Waals surface area contributed by atoms with Gasteiger partial charge in [-0.25, -0.2) is 9.97 Å². The van der Waals surface area contributed by atoms with Crippen LogP contribution in [-0.2, 0) is 9.59 Å². The molecule has 0 unspecified atom stereocenters. The topological polar surface area (TPSA) is 104 Å². The van der Waals surface area contributed by atoms with Gasteiger partial charge in [0.2, 0.25) is 6.41 Å². The van der Waals surface area contributed by atoms with Crippen molar-refractivity contribution in [2.75, 3.05) is 10.8 Å². The lowest BCUT2D eigenvalue weighted by atomic mass is 10.1. The standard InChI is InChI=1S/C13H10N4O2S.2C2H6.CH2O/c18-7-14-13-16-11-6-5-10(15-12(11)20-13)8-1-3-9(17-19)4-2-8;3*1-2/h1-7,17,19H,(H,14,16,18);2*1-2H3;1H2. The van der Waals surface area contributed by atoms with Crippen molar-refractivity contribution in [3.63, 3.8) is 0 Å². The predicted octanol–water partition coefficient (Wildman–Crippen LogP) is 4.60. The van der Waals surface area contributed by atoms with Gasteiger partial charge in [-0.3, -0.25) is 15.5 Å². The highest BCUT2D eigenvalue weighted by atomic mass is 32.1. The zero-order valence-electron chi connectivity index (χ0n) is 15.3. The quantitative estimate of drug-likeness (QED) is 0.454. The summed E-state index contributed by atoms with van der Waals surface area (Å²) >= 11 is 1.32. The van der Waals surface area contributed by atoms with E-state index in [4.69, 9.17) is 10.0 Å². The molecule has 7 nitrogen and oxygen atoms in total. The molecule has 0 fully saturated rings. The van der Waals surface area contributed by atoms with Gasteiger partial charge < -0.3 is 10.1 Å². The Kier molecular flexibility index (Phi) is 12.0. The van der Waals surface area contributed by atoms with Gasteiger partial charge in [0.05, 0.1) is 11.4 Å². The van der Waals surface area contributed by atoms with Gasteiger partial charge in [-0.15, -0.1) is 0 Å². The Labute approximate surface area is 157 Å². The molecule has 0 bridgehead atoms. The van der Waals surface area contributed by atoms with Crippen LogP contribution in [0.4, 0.5) is 10.8 Å². The third kappa shape index (κ3) is 6.23. The Morgan fingerprint density at radius 3 is 2.15 bits per heavy atom. The number of rotatable bonds is 4. The summed E-state index contributed by atoms with van der Waals surface area (Å²) in [6, 6.07) is 11.0. The number of carbonyl (C=O) groups excluding carboxylic acids is 2. The van der Waals surface area contributed by atoms with Crippen molar-refractivity contribution in [1.29, 1.82) is 0 Å². The minimum atomic E-state index is 0.527. The second-order valence-electron chi connectivity index (χ2n) is 3.99. The van der Waals surface area contributed by atoms with Crippen molar-refractivity contribution >= 4 is 45.7 Å². The molecule has 3 rings (SSSR count). The van der Waals surface area contributed by atoms with E-state index < -0.39 is 0 Å². The molecule has 2 aromatic heterocycles. The molecule has 3 N–H and O–H groups in total. The number of hydrogen-bond acceptors (Lipinski definition) is 7. The van der Waals surface area contributed by atoms with E-state index in [-0.39, 0.29) is 0 Å². The molecule has 0 saturated carbocycles. The number of thiazole rings is 1. The molecule has 1 amide bonds.